The van der Waals surface area contributed by atoms with Gasteiger partial charge in [0.1, 0.15) is 0 Å². The zero-order valence-electron chi connectivity index (χ0n) is 13.4. The summed E-state index contributed by atoms with van der Waals surface area (Å²) in [5.41, 5.74) is 1.52. The zero-order valence-corrected chi connectivity index (χ0v) is 14.2. The minimum Gasteiger partial charge on any atom is -0.355 e. The van der Waals surface area contributed by atoms with E-state index in [0.717, 1.165) is 11.8 Å². The van der Waals surface area contributed by atoms with Gasteiger partial charge in [-0.05, 0) is 36.4 Å². The molecule has 0 saturated carbocycles. The third-order valence-electron chi connectivity index (χ3n) is 3.42. The SMILES string of the molecule is O=[N+]([O-])c1cccc(S(=O)(=O)Nc2cccc(Nc3ccncc3)c2)c1. The van der Waals surface area contributed by atoms with Gasteiger partial charge in [-0.3, -0.25) is 19.8 Å². The number of anilines is 3. The predicted octanol–water partition coefficient (Wildman–Crippen LogP) is 3.53. The molecule has 0 amide bonds. The molecule has 0 aliphatic heterocycles. The van der Waals surface area contributed by atoms with Crippen LogP contribution >= 0.6 is 0 Å². The van der Waals surface area contributed by atoms with Crippen molar-refractivity contribution in [3.05, 3.63) is 83.2 Å². The van der Waals surface area contributed by atoms with Crippen LogP contribution in [0.25, 0.3) is 0 Å². The van der Waals surface area contributed by atoms with Gasteiger partial charge in [0.25, 0.3) is 15.7 Å². The molecule has 0 saturated heterocycles. The molecule has 0 unspecified atom stereocenters. The second-order valence-electron chi connectivity index (χ2n) is 5.30. The number of hydrogen-bond acceptors (Lipinski definition) is 6. The lowest BCUT2D eigenvalue weighted by Crippen LogP contribution is -2.13. The van der Waals surface area contributed by atoms with Crippen molar-refractivity contribution in [3.63, 3.8) is 0 Å². The molecule has 0 bridgehead atoms. The predicted molar refractivity (Wildman–Crippen MR) is 97.9 cm³/mol. The summed E-state index contributed by atoms with van der Waals surface area (Å²) >= 11 is 0. The van der Waals surface area contributed by atoms with E-state index < -0.39 is 14.9 Å². The Bertz CT molecular complexity index is 1040. The Morgan fingerprint density at radius 2 is 1.58 bits per heavy atom. The first kappa shape index (κ1) is 17.4. The fraction of sp³-hybridized carbons (Fsp3) is 0. The van der Waals surface area contributed by atoms with Gasteiger partial charge < -0.3 is 5.32 Å². The van der Waals surface area contributed by atoms with E-state index in [0.29, 0.717) is 11.4 Å². The number of benzene rings is 2. The van der Waals surface area contributed by atoms with Crippen LogP contribution in [0.4, 0.5) is 22.7 Å². The lowest BCUT2D eigenvalue weighted by Gasteiger charge is -2.11. The Morgan fingerprint density at radius 3 is 2.31 bits per heavy atom. The molecule has 132 valence electrons. The van der Waals surface area contributed by atoms with Gasteiger partial charge >= 0.3 is 0 Å². The number of non-ortho nitro benzene ring substituents is 1. The fourth-order valence-electron chi connectivity index (χ4n) is 2.24. The molecule has 9 heteroatoms. The topological polar surface area (TPSA) is 114 Å². The summed E-state index contributed by atoms with van der Waals surface area (Å²) in [5, 5.41) is 14.0. The first-order chi connectivity index (χ1) is 12.4. The third kappa shape index (κ3) is 4.14. The molecule has 8 nitrogen and oxygen atoms in total. The number of pyridine rings is 1. The first-order valence-electron chi connectivity index (χ1n) is 7.48. The fourth-order valence-corrected chi connectivity index (χ4v) is 3.33. The molecule has 2 N–H and O–H groups in total. The smallest absolute Gasteiger partial charge is 0.270 e. The van der Waals surface area contributed by atoms with Crippen molar-refractivity contribution in [2.75, 3.05) is 10.0 Å². The van der Waals surface area contributed by atoms with E-state index in [-0.39, 0.29) is 10.6 Å². The molecule has 1 heterocycles. The average Bonchev–Trinajstić information content (AvgIpc) is 2.62. The summed E-state index contributed by atoms with van der Waals surface area (Å²) in [4.78, 5) is 13.9. The van der Waals surface area contributed by atoms with Gasteiger partial charge in [-0.15, -0.1) is 0 Å². The summed E-state index contributed by atoms with van der Waals surface area (Å²) in [7, 11) is -3.95. The van der Waals surface area contributed by atoms with Crippen molar-refractivity contribution in [1.29, 1.82) is 0 Å². The van der Waals surface area contributed by atoms with Crippen LogP contribution in [0.15, 0.2) is 78.0 Å². The minimum absolute atomic E-state index is 0.181. The van der Waals surface area contributed by atoms with Crippen LogP contribution in [0.1, 0.15) is 0 Å². The second kappa shape index (κ2) is 7.19. The van der Waals surface area contributed by atoms with Crippen molar-refractivity contribution in [1.82, 2.24) is 4.98 Å². The molecule has 2 aromatic carbocycles. The summed E-state index contributed by atoms with van der Waals surface area (Å²) < 4.78 is 27.4. The summed E-state index contributed by atoms with van der Waals surface area (Å²) in [5.74, 6) is 0. The van der Waals surface area contributed by atoms with Crippen LogP contribution in [-0.4, -0.2) is 18.3 Å². The Balaban J connectivity index is 1.83. The van der Waals surface area contributed by atoms with Gasteiger partial charge in [0, 0.05) is 35.9 Å². The number of sulfonamides is 1. The van der Waals surface area contributed by atoms with E-state index >= 15 is 0 Å². The Kier molecular flexibility index (Phi) is 4.81. The number of nitrogens with zero attached hydrogens (tertiary/aromatic N) is 2. The molecule has 0 atom stereocenters. The Hall–Kier alpha value is -3.46. The van der Waals surface area contributed by atoms with E-state index in [2.05, 4.69) is 15.0 Å². The Morgan fingerprint density at radius 1 is 0.885 bits per heavy atom. The Labute approximate surface area is 149 Å². The van der Waals surface area contributed by atoms with Crippen LogP contribution in [-0.2, 0) is 10.0 Å². The minimum atomic E-state index is -3.95. The summed E-state index contributed by atoms with van der Waals surface area (Å²) in [6.45, 7) is 0. The van der Waals surface area contributed by atoms with Crippen LogP contribution in [0.3, 0.4) is 0 Å². The van der Waals surface area contributed by atoms with Crippen LogP contribution in [0.2, 0.25) is 0 Å². The van der Waals surface area contributed by atoms with E-state index in [1.165, 1.54) is 18.2 Å². The zero-order chi connectivity index (χ0) is 18.6. The van der Waals surface area contributed by atoms with E-state index in [1.54, 1.807) is 48.8 Å². The van der Waals surface area contributed by atoms with Crippen molar-refractivity contribution < 1.29 is 13.3 Å². The lowest BCUT2D eigenvalue weighted by molar-refractivity contribution is -0.385. The molecule has 26 heavy (non-hydrogen) atoms. The van der Waals surface area contributed by atoms with Crippen LogP contribution < -0.4 is 10.0 Å². The molecule has 0 spiro atoms. The highest BCUT2D eigenvalue weighted by atomic mass is 32.2. The number of hydrogen-bond donors (Lipinski definition) is 2. The molecule has 3 aromatic rings. The molecule has 0 fully saturated rings. The van der Waals surface area contributed by atoms with Gasteiger partial charge in [-0.25, -0.2) is 8.42 Å². The largest absolute Gasteiger partial charge is 0.355 e. The van der Waals surface area contributed by atoms with Gasteiger partial charge in [0.05, 0.1) is 15.5 Å². The van der Waals surface area contributed by atoms with E-state index in [9.17, 15) is 18.5 Å². The number of aromatic nitrogens is 1. The normalized spacial score (nSPS) is 10.9. The molecular formula is C17H14N4O4S. The molecule has 0 aliphatic rings. The van der Waals surface area contributed by atoms with E-state index in [4.69, 9.17) is 0 Å². The summed E-state index contributed by atoms with van der Waals surface area (Å²) in [6, 6.07) is 15.1. The monoisotopic (exact) mass is 370 g/mol. The maximum Gasteiger partial charge on any atom is 0.270 e. The van der Waals surface area contributed by atoms with Crippen LogP contribution in [0, 0.1) is 10.1 Å². The van der Waals surface area contributed by atoms with Crippen molar-refractivity contribution in [2.45, 2.75) is 4.90 Å². The number of nitro benzene ring substituents is 1. The number of nitro groups is 1. The third-order valence-corrected chi connectivity index (χ3v) is 4.80. The van der Waals surface area contributed by atoms with Gasteiger partial charge in [0.2, 0.25) is 0 Å². The highest BCUT2D eigenvalue weighted by Gasteiger charge is 2.17. The van der Waals surface area contributed by atoms with Crippen LogP contribution in [0.5, 0.6) is 0 Å². The highest BCUT2D eigenvalue weighted by molar-refractivity contribution is 7.92. The molecule has 1 aromatic heterocycles. The van der Waals surface area contributed by atoms with Crippen molar-refractivity contribution >= 4 is 32.8 Å². The van der Waals surface area contributed by atoms with Gasteiger partial charge in [-0.1, -0.05) is 12.1 Å². The lowest BCUT2D eigenvalue weighted by atomic mass is 10.2. The second-order valence-corrected chi connectivity index (χ2v) is 6.98. The molecule has 3 rings (SSSR count). The molecule has 0 radical (unpaired) electrons. The number of nitrogens with one attached hydrogen (secondary N) is 2. The maximum atomic E-state index is 12.5. The van der Waals surface area contributed by atoms with E-state index in [1.807, 2.05) is 0 Å². The average molecular weight is 370 g/mol. The highest BCUT2D eigenvalue weighted by Crippen LogP contribution is 2.23. The van der Waals surface area contributed by atoms with Crippen molar-refractivity contribution in [3.8, 4) is 0 Å². The standard InChI is InChI=1S/C17H14N4O4S/c22-21(23)16-5-2-6-17(12-16)26(24,25)20-15-4-1-3-14(11-15)19-13-7-9-18-10-8-13/h1-12,20H,(H,18,19). The summed E-state index contributed by atoms with van der Waals surface area (Å²) in [6.07, 6.45) is 3.27. The quantitative estimate of drug-likeness (QED) is 0.507. The first-order valence-corrected chi connectivity index (χ1v) is 8.97. The van der Waals surface area contributed by atoms with Crippen molar-refractivity contribution in [2.24, 2.45) is 0 Å². The molecular weight excluding hydrogens is 356 g/mol. The molecule has 0 aliphatic carbocycles. The maximum absolute atomic E-state index is 12.5. The van der Waals surface area contributed by atoms with Gasteiger partial charge in [-0.2, -0.15) is 0 Å². The van der Waals surface area contributed by atoms with Gasteiger partial charge in [0.15, 0.2) is 0 Å². The number of rotatable bonds is 6.